The second kappa shape index (κ2) is 10.6. The highest BCUT2D eigenvalue weighted by molar-refractivity contribution is 5.84. The number of hydrogen-bond acceptors (Lipinski definition) is 2. The number of carboxylic acid groups (broad SMARTS) is 2. The fraction of sp³-hybridized carbons (Fsp3) is 0.267. The summed E-state index contributed by atoms with van der Waals surface area (Å²) in [5.74, 6) is -4.87. The molecule has 4 nitrogen and oxygen atoms in total. The van der Waals surface area contributed by atoms with Crippen molar-refractivity contribution in [3.63, 3.8) is 0 Å². The van der Waals surface area contributed by atoms with Crippen LogP contribution >= 0.6 is 0 Å². The van der Waals surface area contributed by atoms with E-state index < -0.39 is 41.8 Å². The van der Waals surface area contributed by atoms with Crippen LogP contribution < -0.4 is 0 Å². The molecular formula is C30H27F3O4. The number of halogens is 3. The van der Waals surface area contributed by atoms with Gasteiger partial charge >= 0.3 is 18.1 Å². The number of aryl methyl sites for hydroxylation is 1. The Morgan fingerprint density at radius 3 is 1.73 bits per heavy atom. The molecule has 1 aliphatic rings. The van der Waals surface area contributed by atoms with Gasteiger partial charge in [-0.05, 0) is 47.1 Å². The summed E-state index contributed by atoms with van der Waals surface area (Å²) in [6.07, 6.45) is -2.56. The lowest BCUT2D eigenvalue weighted by molar-refractivity contribution is -0.150. The number of allylic oxidation sites excluding steroid dienone is 1. The summed E-state index contributed by atoms with van der Waals surface area (Å²) < 4.78 is 39.7. The van der Waals surface area contributed by atoms with E-state index >= 15 is 0 Å². The lowest BCUT2D eigenvalue weighted by Crippen LogP contribution is -2.49. The van der Waals surface area contributed by atoms with Gasteiger partial charge in [-0.1, -0.05) is 91.0 Å². The third-order valence-electron chi connectivity index (χ3n) is 7.15. The van der Waals surface area contributed by atoms with Crippen molar-refractivity contribution in [1.82, 2.24) is 0 Å². The Labute approximate surface area is 213 Å². The van der Waals surface area contributed by atoms with E-state index in [0.717, 1.165) is 0 Å². The van der Waals surface area contributed by atoms with Crippen LogP contribution in [0.2, 0.25) is 0 Å². The molecule has 0 aliphatic heterocycles. The zero-order valence-electron chi connectivity index (χ0n) is 20.0. The first kappa shape index (κ1) is 26.2. The summed E-state index contributed by atoms with van der Waals surface area (Å²) in [7, 11) is 0. The molecule has 0 radical (unpaired) electrons. The quantitative estimate of drug-likeness (QED) is 0.336. The first-order valence-corrected chi connectivity index (χ1v) is 12.0. The minimum atomic E-state index is -4.41. The lowest BCUT2D eigenvalue weighted by atomic mass is 9.59. The number of fused-ring (bicyclic) bond motifs is 1. The van der Waals surface area contributed by atoms with E-state index in [9.17, 15) is 33.0 Å². The molecule has 192 valence electrons. The Bertz CT molecular complexity index is 1220. The number of carboxylic acids is 2. The summed E-state index contributed by atoms with van der Waals surface area (Å²) in [4.78, 5) is 25.8. The van der Waals surface area contributed by atoms with Crippen LogP contribution in [0.25, 0.3) is 6.08 Å². The van der Waals surface area contributed by atoms with Gasteiger partial charge in [-0.2, -0.15) is 13.2 Å². The summed E-state index contributed by atoms with van der Waals surface area (Å²) in [5, 5.41) is 21.1. The smallest absolute Gasteiger partial charge is 0.389 e. The molecule has 1 aliphatic carbocycles. The summed E-state index contributed by atoms with van der Waals surface area (Å²) in [6, 6.07) is 22.6. The average Bonchev–Trinajstić information content (AvgIpc) is 3.25. The maximum absolute atomic E-state index is 13.2. The van der Waals surface area contributed by atoms with E-state index in [0.29, 0.717) is 27.8 Å². The van der Waals surface area contributed by atoms with Gasteiger partial charge < -0.3 is 10.2 Å². The van der Waals surface area contributed by atoms with Crippen LogP contribution in [0.1, 0.15) is 34.2 Å². The lowest BCUT2D eigenvalue weighted by Gasteiger charge is -2.41. The second-order valence-electron chi connectivity index (χ2n) is 9.42. The van der Waals surface area contributed by atoms with Crippen LogP contribution in [0.4, 0.5) is 13.2 Å². The molecule has 0 spiro atoms. The number of carbonyl (C=O) groups is 2. The second-order valence-corrected chi connectivity index (χ2v) is 9.42. The van der Waals surface area contributed by atoms with Gasteiger partial charge in [-0.25, -0.2) is 0 Å². The maximum atomic E-state index is 13.2. The number of aliphatic carboxylic acids is 2. The van der Waals surface area contributed by atoms with Gasteiger partial charge in [-0.3, -0.25) is 9.59 Å². The zero-order chi connectivity index (χ0) is 26.6. The fourth-order valence-corrected chi connectivity index (χ4v) is 5.53. The SMILES string of the molecule is O=C(O)C(Cc1ccccc1)C1(C(Cc2ccccc2)C(=O)O)C=Cc2cccc(CCC(F)(F)F)c21. The number of alkyl halides is 3. The first-order chi connectivity index (χ1) is 17.6. The Morgan fingerprint density at radius 2 is 1.27 bits per heavy atom. The fourth-order valence-electron chi connectivity index (χ4n) is 5.53. The topological polar surface area (TPSA) is 74.6 Å². The van der Waals surface area contributed by atoms with E-state index in [1.165, 1.54) is 0 Å². The van der Waals surface area contributed by atoms with Gasteiger partial charge in [0.1, 0.15) is 0 Å². The highest BCUT2D eigenvalue weighted by Gasteiger charge is 2.54. The van der Waals surface area contributed by atoms with E-state index in [1.807, 2.05) is 0 Å². The van der Waals surface area contributed by atoms with Crippen LogP contribution in [0.15, 0.2) is 84.9 Å². The predicted molar refractivity (Wildman–Crippen MR) is 134 cm³/mol. The molecule has 4 rings (SSSR count). The molecule has 2 N–H and O–H groups in total. The molecule has 0 heterocycles. The zero-order valence-corrected chi connectivity index (χ0v) is 20.0. The molecule has 2 atom stereocenters. The molecule has 2 unspecified atom stereocenters. The van der Waals surface area contributed by atoms with E-state index in [-0.39, 0.29) is 19.3 Å². The van der Waals surface area contributed by atoms with Crippen LogP contribution in [-0.2, 0) is 34.3 Å². The minimum absolute atomic E-state index is 0.0200. The van der Waals surface area contributed by atoms with Crippen molar-refractivity contribution in [2.75, 3.05) is 0 Å². The molecule has 0 saturated carbocycles. The van der Waals surface area contributed by atoms with E-state index in [1.54, 1.807) is 91.0 Å². The van der Waals surface area contributed by atoms with Gasteiger partial charge in [0.15, 0.2) is 0 Å². The van der Waals surface area contributed by atoms with Gasteiger partial charge in [0.2, 0.25) is 0 Å². The molecular weight excluding hydrogens is 481 g/mol. The van der Waals surface area contributed by atoms with Crippen LogP contribution in [0, 0.1) is 11.8 Å². The molecule has 0 amide bonds. The Balaban J connectivity index is 1.93. The number of rotatable bonds is 10. The number of hydrogen-bond donors (Lipinski definition) is 2. The van der Waals surface area contributed by atoms with Gasteiger partial charge in [0.05, 0.1) is 11.8 Å². The molecule has 3 aromatic carbocycles. The summed E-state index contributed by atoms with van der Waals surface area (Å²) >= 11 is 0. The minimum Gasteiger partial charge on any atom is -0.481 e. The molecule has 0 bridgehead atoms. The van der Waals surface area contributed by atoms with Crippen molar-refractivity contribution in [3.05, 3.63) is 113 Å². The van der Waals surface area contributed by atoms with Gasteiger partial charge in [-0.15, -0.1) is 0 Å². The van der Waals surface area contributed by atoms with Crippen molar-refractivity contribution >= 4 is 18.0 Å². The Morgan fingerprint density at radius 1 is 0.757 bits per heavy atom. The van der Waals surface area contributed by atoms with Crippen LogP contribution in [0.3, 0.4) is 0 Å². The Kier molecular flexibility index (Phi) is 7.52. The third-order valence-corrected chi connectivity index (χ3v) is 7.15. The third kappa shape index (κ3) is 5.61. The monoisotopic (exact) mass is 508 g/mol. The van der Waals surface area contributed by atoms with Crippen molar-refractivity contribution in [2.24, 2.45) is 11.8 Å². The number of benzene rings is 3. The Hall–Kier alpha value is -3.87. The van der Waals surface area contributed by atoms with Crippen molar-refractivity contribution in [2.45, 2.75) is 37.3 Å². The van der Waals surface area contributed by atoms with Crippen molar-refractivity contribution in [1.29, 1.82) is 0 Å². The predicted octanol–water partition coefficient (Wildman–Crippen LogP) is 6.33. The van der Waals surface area contributed by atoms with E-state index in [4.69, 9.17) is 0 Å². The first-order valence-electron chi connectivity index (χ1n) is 12.0. The summed E-state index contributed by atoms with van der Waals surface area (Å²) in [5.41, 5.74) is 1.07. The molecule has 37 heavy (non-hydrogen) atoms. The van der Waals surface area contributed by atoms with Crippen LogP contribution in [-0.4, -0.2) is 28.3 Å². The van der Waals surface area contributed by atoms with Crippen molar-refractivity contribution < 1.29 is 33.0 Å². The highest BCUT2D eigenvalue weighted by atomic mass is 19.4. The molecule has 0 saturated heterocycles. The normalized spacial score (nSPS) is 18.2. The highest BCUT2D eigenvalue weighted by Crippen LogP contribution is 2.51. The molecule has 3 aromatic rings. The van der Waals surface area contributed by atoms with Gasteiger partial charge in [0.25, 0.3) is 0 Å². The molecule has 7 heteroatoms. The molecule has 0 aromatic heterocycles. The van der Waals surface area contributed by atoms with Crippen LogP contribution in [0.5, 0.6) is 0 Å². The van der Waals surface area contributed by atoms with Crippen molar-refractivity contribution in [3.8, 4) is 0 Å². The molecule has 0 fully saturated rings. The summed E-state index contributed by atoms with van der Waals surface area (Å²) in [6.45, 7) is 0. The average molecular weight is 509 g/mol. The van der Waals surface area contributed by atoms with E-state index in [2.05, 4.69) is 0 Å². The maximum Gasteiger partial charge on any atom is 0.389 e. The standard InChI is InChI=1S/C30H27F3O4/c31-30(32,33)17-15-23-13-7-12-22-14-16-29(26(22)23,24(27(34)35)18-20-8-3-1-4-9-20)25(28(36)37)19-21-10-5-2-6-11-21/h1-14,16,24-25H,15,17-19H2,(H,34,35)(H,36,37). The van der Waals surface area contributed by atoms with Gasteiger partial charge in [0, 0.05) is 11.8 Å². The largest absolute Gasteiger partial charge is 0.481 e.